The van der Waals surface area contributed by atoms with E-state index in [4.69, 9.17) is 17.2 Å². The predicted molar refractivity (Wildman–Crippen MR) is 144 cm³/mol. The summed E-state index contributed by atoms with van der Waals surface area (Å²) < 4.78 is 0. The second-order valence-corrected chi connectivity index (χ2v) is 8.55. The summed E-state index contributed by atoms with van der Waals surface area (Å²) in [6.45, 7) is 6.61. The molecular formula is C23H50N10O4. The first-order chi connectivity index (χ1) is 17.9. The normalized spacial score (nSPS) is 11.0. The van der Waals surface area contributed by atoms with Crippen LogP contribution in [-0.2, 0) is 19.2 Å². The molecule has 0 aromatic heterocycles. The molecule has 14 heteroatoms. The first-order valence-electron chi connectivity index (χ1n) is 13.1. The third kappa shape index (κ3) is 21.4. The highest BCUT2D eigenvalue weighted by Crippen LogP contribution is 2.01. The molecule has 0 saturated carbocycles. The van der Waals surface area contributed by atoms with Crippen LogP contribution in [0.25, 0.3) is 0 Å². The second kappa shape index (κ2) is 24.0. The Balaban J connectivity index is 5.01. The number of rotatable bonds is 24. The summed E-state index contributed by atoms with van der Waals surface area (Å²) in [6.07, 6.45) is 1.14. The van der Waals surface area contributed by atoms with Gasteiger partial charge in [0.25, 0.3) is 0 Å². The zero-order chi connectivity index (χ0) is 27.7. The minimum Gasteiger partial charge on any atom is -0.355 e. The zero-order valence-electron chi connectivity index (χ0n) is 22.5. The van der Waals surface area contributed by atoms with Gasteiger partial charge in [0.05, 0.1) is 0 Å². The van der Waals surface area contributed by atoms with Crippen molar-refractivity contribution in [3.63, 3.8) is 0 Å². The lowest BCUT2D eigenvalue weighted by atomic mass is 10.2. The number of nitrogens with zero attached hydrogens (tertiary/aromatic N) is 2. The van der Waals surface area contributed by atoms with E-state index >= 15 is 0 Å². The molecule has 0 unspecified atom stereocenters. The quantitative estimate of drug-likeness (QED) is 0.0562. The smallest absolute Gasteiger partial charge is 0.221 e. The van der Waals surface area contributed by atoms with Gasteiger partial charge in [0, 0.05) is 117 Å². The number of carbonyl (C=O) groups is 4. The first kappa shape index (κ1) is 34.6. The molecular weight excluding hydrogens is 480 g/mol. The van der Waals surface area contributed by atoms with Crippen molar-refractivity contribution in [2.45, 2.75) is 25.7 Å². The zero-order valence-corrected chi connectivity index (χ0v) is 22.5. The van der Waals surface area contributed by atoms with Crippen LogP contribution in [0, 0.1) is 0 Å². The van der Waals surface area contributed by atoms with E-state index in [9.17, 15) is 19.2 Å². The molecule has 0 heterocycles. The molecule has 0 bridgehead atoms. The largest absolute Gasteiger partial charge is 0.355 e. The van der Waals surface area contributed by atoms with Crippen LogP contribution in [0.4, 0.5) is 0 Å². The highest BCUT2D eigenvalue weighted by Gasteiger charge is 2.15. The Labute approximate surface area is 221 Å². The molecule has 0 aliphatic heterocycles. The van der Waals surface area contributed by atoms with Gasteiger partial charge in [-0.15, -0.1) is 0 Å². The molecule has 4 amide bonds. The van der Waals surface area contributed by atoms with Crippen molar-refractivity contribution < 1.29 is 19.2 Å². The third-order valence-electron chi connectivity index (χ3n) is 5.45. The number of nitrogens with one attached hydrogen (secondary N) is 5. The van der Waals surface area contributed by atoms with E-state index < -0.39 is 0 Å². The van der Waals surface area contributed by atoms with Crippen LogP contribution >= 0.6 is 0 Å². The Bertz CT molecular complexity index is 615. The molecule has 0 aliphatic rings. The summed E-state index contributed by atoms with van der Waals surface area (Å²) in [5, 5.41) is 14.1. The number of likely N-dealkylation sites (N-methyl/N-ethyl adjacent to an activating group) is 1. The van der Waals surface area contributed by atoms with E-state index in [1.54, 1.807) is 0 Å². The fourth-order valence-corrected chi connectivity index (χ4v) is 3.31. The molecule has 11 N–H and O–H groups in total. The molecule has 0 rings (SSSR count). The van der Waals surface area contributed by atoms with Crippen molar-refractivity contribution in [2.24, 2.45) is 17.2 Å². The molecule has 216 valence electrons. The van der Waals surface area contributed by atoms with E-state index in [0.717, 1.165) is 0 Å². The Morgan fingerprint density at radius 2 is 0.784 bits per heavy atom. The van der Waals surface area contributed by atoms with Crippen molar-refractivity contribution in [2.75, 3.05) is 98.7 Å². The van der Waals surface area contributed by atoms with Gasteiger partial charge in [0.2, 0.25) is 23.6 Å². The standard InChI is InChI=1S/C23H50N10O4/c1-27-12-13-31-23(37)5-17-33(16-4-22(36)30-11-8-26)19-18-32(14-2-20(34)28-9-6-24)15-3-21(35)29-10-7-25/h27H,2-19,24-26H2,1H3,(H,28,34)(H,29,35)(H,30,36)(H,31,37). The van der Waals surface area contributed by atoms with Crippen LogP contribution in [-0.4, -0.2) is 132 Å². The van der Waals surface area contributed by atoms with Crippen LogP contribution in [0.15, 0.2) is 0 Å². The summed E-state index contributed by atoms with van der Waals surface area (Å²) in [6, 6.07) is 0. The van der Waals surface area contributed by atoms with Gasteiger partial charge in [-0.1, -0.05) is 0 Å². The Morgan fingerprint density at radius 3 is 1.05 bits per heavy atom. The van der Waals surface area contributed by atoms with Crippen LogP contribution in [0.5, 0.6) is 0 Å². The van der Waals surface area contributed by atoms with Crippen molar-refractivity contribution >= 4 is 23.6 Å². The van der Waals surface area contributed by atoms with Gasteiger partial charge in [-0.25, -0.2) is 0 Å². The maximum absolute atomic E-state index is 12.2. The molecule has 0 radical (unpaired) electrons. The monoisotopic (exact) mass is 530 g/mol. The van der Waals surface area contributed by atoms with Gasteiger partial charge >= 0.3 is 0 Å². The third-order valence-corrected chi connectivity index (χ3v) is 5.45. The predicted octanol–water partition coefficient (Wildman–Crippen LogP) is -4.29. The minimum atomic E-state index is -0.102. The molecule has 0 aromatic rings. The van der Waals surface area contributed by atoms with E-state index in [1.807, 2.05) is 11.9 Å². The van der Waals surface area contributed by atoms with E-state index in [1.165, 1.54) is 0 Å². The number of carbonyl (C=O) groups excluding carboxylic acids is 4. The highest BCUT2D eigenvalue weighted by molar-refractivity contribution is 5.77. The highest BCUT2D eigenvalue weighted by atomic mass is 16.2. The lowest BCUT2D eigenvalue weighted by Gasteiger charge is -2.27. The summed E-state index contributed by atoms with van der Waals surface area (Å²) in [5.41, 5.74) is 16.3. The fraction of sp³-hybridized carbons (Fsp3) is 0.826. The van der Waals surface area contributed by atoms with Crippen LogP contribution in [0.2, 0.25) is 0 Å². The topological polar surface area (TPSA) is 213 Å². The second-order valence-electron chi connectivity index (χ2n) is 8.55. The van der Waals surface area contributed by atoms with Crippen LogP contribution in [0.1, 0.15) is 25.7 Å². The van der Waals surface area contributed by atoms with Crippen molar-refractivity contribution in [1.29, 1.82) is 0 Å². The summed E-state index contributed by atoms with van der Waals surface area (Å²) >= 11 is 0. The first-order valence-corrected chi connectivity index (χ1v) is 13.1. The van der Waals surface area contributed by atoms with Crippen LogP contribution in [0.3, 0.4) is 0 Å². The molecule has 0 saturated heterocycles. The van der Waals surface area contributed by atoms with Gasteiger partial charge in [0.15, 0.2) is 0 Å². The maximum Gasteiger partial charge on any atom is 0.221 e. The molecule has 0 aliphatic carbocycles. The molecule has 37 heavy (non-hydrogen) atoms. The maximum atomic E-state index is 12.2. The molecule has 0 aromatic carbocycles. The van der Waals surface area contributed by atoms with Crippen LogP contribution < -0.4 is 43.8 Å². The fourth-order valence-electron chi connectivity index (χ4n) is 3.31. The van der Waals surface area contributed by atoms with Gasteiger partial charge in [0.1, 0.15) is 0 Å². The lowest BCUT2D eigenvalue weighted by Crippen LogP contribution is -2.42. The van der Waals surface area contributed by atoms with Crippen molar-refractivity contribution in [3.8, 4) is 0 Å². The number of hydrogen-bond acceptors (Lipinski definition) is 10. The average molecular weight is 531 g/mol. The summed E-state index contributed by atoms with van der Waals surface area (Å²) in [5.74, 6) is -0.360. The average Bonchev–Trinajstić information content (AvgIpc) is 2.89. The Hall–Kier alpha value is -2.36. The lowest BCUT2D eigenvalue weighted by molar-refractivity contribution is -0.123. The van der Waals surface area contributed by atoms with Crippen molar-refractivity contribution in [1.82, 2.24) is 36.4 Å². The van der Waals surface area contributed by atoms with Gasteiger partial charge in [-0.2, -0.15) is 0 Å². The summed E-state index contributed by atoms with van der Waals surface area (Å²) in [4.78, 5) is 52.5. The van der Waals surface area contributed by atoms with Gasteiger partial charge < -0.3 is 53.6 Å². The number of amides is 4. The van der Waals surface area contributed by atoms with E-state index in [-0.39, 0.29) is 42.9 Å². The van der Waals surface area contributed by atoms with E-state index in [0.29, 0.717) is 98.0 Å². The molecule has 0 atom stereocenters. The molecule has 0 spiro atoms. The van der Waals surface area contributed by atoms with Crippen molar-refractivity contribution in [3.05, 3.63) is 0 Å². The number of nitrogens with two attached hydrogens (primary N) is 3. The minimum absolute atomic E-state index is 0.0576. The van der Waals surface area contributed by atoms with E-state index in [2.05, 4.69) is 31.5 Å². The van der Waals surface area contributed by atoms with Gasteiger partial charge in [-0.3, -0.25) is 19.2 Å². The SMILES string of the molecule is CNCCNC(=O)CCN(CCC(=O)NCCN)CCN(CCC(=O)NCCN)CCC(=O)NCCN. The number of hydrogen-bond donors (Lipinski definition) is 8. The Morgan fingerprint density at radius 1 is 0.486 bits per heavy atom. The molecule has 14 nitrogen and oxygen atoms in total. The molecule has 0 fully saturated rings. The summed E-state index contributed by atoms with van der Waals surface area (Å²) in [7, 11) is 1.82. The Kier molecular flexibility index (Phi) is 22.5. The van der Waals surface area contributed by atoms with Gasteiger partial charge in [-0.05, 0) is 7.05 Å².